The molecule has 0 atom stereocenters. The lowest BCUT2D eigenvalue weighted by molar-refractivity contribution is 0.102. The lowest BCUT2D eigenvalue weighted by Gasteiger charge is -2.07. The fraction of sp³-hybridized carbons (Fsp3) is 0.176. The van der Waals surface area contributed by atoms with Crippen molar-refractivity contribution in [3.63, 3.8) is 0 Å². The van der Waals surface area contributed by atoms with Gasteiger partial charge < -0.3 is 0 Å². The topological polar surface area (TPSA) is 67.8 Å². The molecule has 1 amide bonds. The number of hydrogen-bond donors (Lipinski definition) is 1. The van der Waals surface area contributed by atoms with Crippen LogP contribution in [0.3, 0.4) is 0 Å². The second kappa shape index (κ2) is 5.89. The van der Waals surface area contributed by atoms with Gasteiger partial charge in [-0.05, 0) is 48.6 Å². The van der Waals surface area contributed by atoms with E-state index in [1.165, 1.54) is 22.5 Å². The number of pyridine rings is 1. The highest BCUT2D eigenvalue weighted by Gasteiger charge is 2.19. The van der Waals surface area contributed by atoms with Crippen LogP contribution in [-0.2, 0) is 12.8 Å². The predicted molar refractivity (Wildman–Crippen MR) is 89.6 cm³/mol. The van der Waals surface area contributed by atoms with Gasteiger partial charge in [0.15, 0.2) is 5.01 Å². The Morgan fingerprint density at radius 1 is 1.09 bits per heavy atom. The molecule has 0 radical (unpaired) electrons. The number of fused-ring (bicyclic) bond motifs is 1. The first-order valence-electron chi connectivity index (χ1n) is 7.48. The van der Waals surface area contributed by atoms with Crippen molar-refractivity contribution in [3.8, 4) is 10.7 Å². The average molecular weight is 322 g/mol. The number of anilines is 1. The molecule has 2 aromatic heterocycles. The maximum Gasteiger partial charge on any atom is 0.257 e. The highest BCUT2D eigenvalue weighted by atomic mass is 32.1. The van der Waals surface area contributed by atoms with E-state index >= 15 is 0 Å². The molecule has 0 saturated carbocycles. The molecule has 0 aliphatic heterocycles. The van der Waals surface area contributed by atoms with Crippen molar-refractivity contribution in [2.75, 3.05) is 5.32 Å². The summed E-state index contributed by atoms with van der Waals surface area (Å²) in [7, 11) is 0. The zero-order valence-electron chi connectivity index (χ0n) is 12.3. The number of nitrogens with one attached hydrogen (secondary N) is 1. The second-order valence-electron chi connectivity index (χ2n) is 5.38. The fourth-order valence-electron chi connectivity index (χ4n) is 2.86. The van der Waals surface area contributed by atoms with Crippen LogP contribution < -0.4 is 5.32 Å². The van der Waals surface area contributed by atoms with E-state index in [0.717, 1.165) is 30.5 Å². The Kier molecular flexibility index (Phi) is 3.59. The molecule has 2 heterocycles. The number of aryl methyl sites for hydroxylation is 1. The van der Waals surface area contributed by atoms with Crippen LogP contribution in [0.5, 0.6) is 0 Å². The fourth-order valence-corrected chi connectivity index (χ4v) is 3.58. The predicted octanol–water partition coefficient (Wildman–Crippen LogP) is 3.34. The average Bonchev–Trinajstić information content (AvgIpc) is 3.24. The van der Waals surface area contributed by atoms with E-state index in [2.05, 4.69) is 26.6 Å². The molecule has 5 nitrogen and oxygen atoms in total. The first-order valence-corrected chi connectivity index (χ1v) is 8.30. The monoisotopic (exact) mass is 322 g/mol. The minimum atomic E-state index is -0.118. The molecule has 3 aromatic rings. The van der Waals surface area contributed by atoms with E-state index in [4.69, 9.17) is 0 Å². The van der Waals surface area contributed by atoms with Crippen LogP contribution in [-0.4, -0.2) is 21.1 Å². The number of benzene rings is 1. The molecular formula is C17H14N4OS. The van der Waals surface area contributed by atoms with Gasteiger partial charge in [0.2, 0.25) is 5.13 Å². The van der Waals surface area contributed by atoms with Gasteiger partial charge in [-0.15, -0.1) is 10.2 Å². The maximum absolute atomic E-state index is 12.5. The molecule has 0 unspecified atom stereocenters. The molecule has 6 heteroatoms. The number of aromatic nitrogens is 3. The van der Waals surface area contributed by atoms with Crippen LogP contribution in [0, 0.1) is 0 Å². The first kappa shape index (κ1) is 14.0. The van der Waals surface area contributed by atoms with Crippen molar-refractivity contribution in [1.82, 2.24) is 15.2 Å². The molecule has 0 bridgehead atoms. The summed E-state index contributed by atoms with van der Waals surface area (Å²) in [5, 5.41) is 12.2. The summed E-state index contributed by atoms with van der Waals surface area (Å²) in [5.41, 5.74) is 3.95. The zero-order chi connectivity index (χ0) is 15.6. The van der Waals surface area contributed by atoms with Crippen LogP contribution in [0.25, 0.3) is 10.7 Å². The number of carbonyl (C=O) groups is 1. The molecule has 1 N–H and O–H groups in total. The third-order valence-electron chi connectivity index (χ3n) is 3.92. The van der Waals surface area contributed by atoms with Crippen molar-refractivity contribution in [2.24, 2.45) is 0 Å². The molecule has 1 aliphatic rings. The molecule has 4 rings (SSSR count). The lowest BCUT2D eigenvalue weighted by atomic mass is 10.0. The summed E-state index contributed by atoms with van der Waals surface area (Å²) in [6, 6.07) is 11.5. The van der Waals surface area contributed by atoms with Gasteiger partial charge in [0, 0.05) is 11.8 Å². The third kappa shape index (κ3) is 2.73. The molecule has 1 aliphatic carbocycles. The summed E-state index contributed by atoms with van der Waals surface area (Å²) in [5.74, 6) is -0.118. The van der Waals surface area contributed by atoms with E-state index in [1.54, 1.807) is 6.20 Å². The van der Waals surface area contributed by atoms with Gasteiger partial charge in [-0.1, -0.05) is 29.5 Å². The van der Waals surface area contributed by atoms with Crippen LogP contribution >= 0.6 is 11.3 Å². The first-order chi connectivity index (χ1) is 11.3. The summed E-state index contributed by atoms with van der Waals surface area (Å²) < 4.78 is 0. The molecule has 0 saturated heterocycles. The van der Waals surface area contributed by atoms with Gasteiger partial charge in [0.25, 0.3) is 5.91 Å². The van der Waals surface area contributed by atoms with Gasteiger partial charge in [0.05, 0.1) is 0 Å². The van der Waals surface area contributed by atoms with E-state index in [1.807, 2.05) is 30.3 Å². The Bertz CT molecular complexity index is 860. The van der Waals surface area contributed by atoms with E-state index < -0.39 is 0 Å². The normalized spacial score (nSPS) is 12.9. The standard InChI is InChI=1S/C17H14N4OS/c22-15(13-8-4-6-11-5-3-7-12(11)13)19-17-21-20-16(23-17)14-9-1-2-10-18-14/h1-2,4,6,8-10H,3,5,7H2,(H,19,21,22). The number of nitrogens with zero attached hydrogens (tertiary/aromatic N) is 3. The number of hydrogen-bond acceptors (Lipinski definition) is 5. The zero-order valence-corrected chi connectivity index (χ0v) is 13.1. The van der Waals surface area contributed by atoms with Crippen molar-refractivity contribution in [2.45, 2.75) is 19.3 Å². The van der Waals surface area contributed by atoms with Crippen LogP contribution in [0.15, 0.2) is 42.6 Å². The quantitative estimate of drug-likeness (QED) is 0.803. The maximum atomic E-state index is 12.5. The minimum Gasteiger partial charge on any atom is -0.296 e. The SMILES string of the molecule is O=C(Nc1nnc(-c2ccccn2)s1)c1cccc2c1CCC2. The number of carbonyl (C=O) groups excluding carboxylic acids is 1. The molecular weight excluding hydrogens is 308 g/mol. The minimum absolute atomic E-state index is 0.118. The molecule has 114 valence electrons. The van der Waals surface area contributed by atoms with E-state index in [0.29, 0.717) is 10.1 Å². The Labute approximate surface area is 137 Å². The van der Waals surface area contributed by atoms with Gasteiger partial charge in [-0.2, -0.15) is 0 Å². The third-order valence-corrected chi connectivity index (χ3v) is 4.78. The van der Waals surface area contributed by atoms with Gasteiger partial charge in [-0.25, -0.2) is 0 Å². The summed E-state index contributed by atoms with van der Waals surface area (Å²) in [6.45, 7) is 0. The summed E-state index contributed by atoms with van der Waals surface area (Å²) in [4.78, 5) is 16.8. The van der Waals surface area contributed by atoms with Crippen LogP contribution in [0.2, 0.25) is 0 Å². The van der Waals surface area contributed by atoms with E-state index in [9.17, 15) is 4.79 Å². The Morgan fingerprint density at radius 2 is 2.04 bits per heavy atom. The highest BCUT2D eigenvalue weighted by molar-refractivity contribution is 7.18. The largest absolute Gasteiger partial charge is 0.296 e. The van der Waals surface area contributed by atoms with Crippen LogP contribution in [0.4, 0.5) is 5.13 Å². The number of amides is 1. The van der Waals surface area contributed by atoms with E-state index in [-0.39, 0.29) is 5.91 Å². The summed E-state index contributed by atoms with van der Waals surface area (Å²) in [6.07, 6.45) is 4.85. The number of rotatable bonds is 3. The highest BCUT2D eigenvalue weighted by Crippen LogP contribution is 2.28. The molecule has 23 heavy (non-hydrogen) atoms. The van der Waals surface area contributed by atoms with Crippen LogP contribution in [0.1, 0.15) is 27.9 Å². The van der Waals surface area contributed by atoms with Crippen molar-refractivity contribution < 1.29 is 4.79 Å². The smallest absolute Gasteiger partial charge is 0.257 e. The van der Waals surface area contributed by atoms with Gasteiger partial charge in [0.1, 0.15) is 5.69 Å². The second-order valence-corrected chi connectivity index (χ2v) is 6.36. The lowest BCUT2D eigenvalue weighted by Crippen LogP contribution is -2.14. The molecule has 1 aromatic carbocycles. The van der Waals surface area contributed by atoms with Crippen molar-refractivity contribution in [1.29, 1.82) is 0 Å². The molecule has 0 spiro atoms. The Balaban J connectivity index is 1.56. The van der Waals surface area contributed by atoms with Crippen molar-refractivity contribution in [3.05, 3.63) is 59.3 Å². The summed E-state index contributed by atoms with van der Waals surface area (Å²) >= 11 is 1.33. The van der Waals surface area contributed by atoms with Gasteiger partial charge in [-0.3, -0.25) is 15.1 Å². The molecule has 0 fully saturated rings. The van der Waals surface area contributed by atoms with Gasteiger partial charge >= 0.3 is 0 Å². The Hall–Kier alpha value is -2.60. The van der Waals surface area contributed by atoms with Crippen molar-refractivity contribution >= 4 is 22.4 Å². The Morgan fingerprint density at radius 3 is 2.91 bits per heavy atom.